The maximum atomic E-state index is 13.4. The third kappa shape index (κ3) is 6.24. The van der Waals surface area contributed by atoms with Crippen LogP contribution in [0.25, 0.3) is 22.1 Å². The van der Waals surface area contributed by atoms with E-state index in [1.54, 1.807) is 0 Å². The zero-order valence-corrected chi connectivity index (χ0v) is 23.9. The summed E-state index contributed by atoms with van der Waals surface area (Å²) in [5.74, 6) is 0.927. The predicted octanol–water partition coefficient (Wildman–Crippen LogP) is 10.8. The van der Waals surface area contributed by atoms with E-state index in [-0.39, 0.29) is 17.9 Å². The third-order valence-electron chi connectivity index (χ3n) is 7.05. The Kier molecular flexibility index (Phi) is 9.17. The molecule has 5 heteroatoms. The van der Waals surface area contributed by atoms with Crippen LogP contribution in [0, 0.1) is 0 Å². The van der Waals surface area contributed by atoms with Crippen LogP contribution in [-0.4, -0.2) is 6.03 Å². The summed E-state index contributed by atoms with van der Waals surface area (Å²) in [6.07, 6.45) is 5.85. The maximum Gasteiger partial charge on any atom is 0.326 e. The molecule has 1 heterocycles. The Morgan fingerprint density at radius 1 is 0.868 bits per heavy atom. The van der Waals surface area contributed by atoms with E-state index in [9.17, 15) is 4.79 Å². The van der Waals surface area contributed by atoms with Gasteiger partial charge in [0.15, 0.2) is 0 Å². The molecule has 0 unspecified atom stereocenters. The highest BCUT2D eigenvalue weighted by Crippen LogP contribution is 2.42. The van der Waals surface area contributed by atoms with Crippen molar-refractivity contribution in [2.24, 2.45) is 0 Å². The van der Waals surface area contributed by atoms with Gasteiger partial charge in [-0.1, -0.05) is 108 Å². The van der Waals surface area contributed by atoms with Crippen LogP contribution in [0.15, 0.2) is 65.1 Å². The quantitative estimate of drug-likeness (QED) is 0.200. The van der Waals surface area contributed by atoms with Crippen molar-refractivity contribution in [3.63, 3.8) is 0 Å². The lowest BCUT2D eigenvalue weighted by Crippen LogP contribution is -2.21. The SMILES string of the molecule is CCCCCCc1ccc2oc(NC(=O)Nc3c(C(C)C)cccc3C(C)C)c(-c3ccccc3Cl)c2c1. The van der Waals surface area contributed by atoms with Gasteiger partial charge in [0.2, 0.25) is 5.88 Å². The highest BCUT2D eigenvalue weighted by molar-refractivity contribution is 6.34. The number of carbonyl (C=O) groups is 1. The molecule has 38 heavy (non-hydrogen) atoms. The van der Waals surface area contributed by atoms with Crippen LogP contribution in [-0.2, 0) is 6.42 Å². The van der Waals surface area contributed by atoms with Gasteiger partial charge in [0.05, 0.1) is 5.56 Å². The molecule has 2 amide bonds. The third-order valence-corrected chi connectivity index (χ3v) is 7.38. The fourth-order valence-corrected chi connectivity index (χ4v) is 5.25. The number of hydrogen-bond acceptors (Lipinski definition) is 2. The molecule has 0 fully saturated rings. The minimum Gasteiger partial charge on any atom is -0.440 e. The average Bonchev–Trinajstić information content (AvgIpc) is 3.23. The zero-order chi connectivity index (χ0) is 27.2. The van der Waals surface area contributed by atoms with Crippen molar-refractivity contribution in [2.75, 3.05) is 10.6 Å². The largest absolute Gasteiger partial charge is 0.440 e. The average molecular weight is 531 g/mol. The van der Waals surface area contributed by atoms with E-state index in [0.717, 1.165) is 51.8 Å². The molecular weight excluding hydrogens is 492 g/mol. The number of rotatable bonds is 10. The first kappa shape index (κ1) is 27.8. The van der Waals surface area contributed by atoms with Crippen LogP contribution in [0.5, 0.6) is 0 Å². The number of fused-ring (bicyclic) bond motifs is 1. The van der Waals surface area contributed by atoms with Gasteiger partial charge in [-0.15, -0.1) is 0 Å². The topological polar surface area (TPSA) is 54.3 Å². The van der Waals surface area contributed by atoms with Crippen molar-refractivity contribution >= 4 is 40.2 Å². The molecule has 0 bridgehead atoms. The number of amides is 2. The molecule has 200 valence electrons. The molecule has 0 aliphatic carbocycles. The lowest BCUT2D eigenvalue weighted by atomic mass is 9.93. The minimum atomic E-state index is -0.341. The number of halogens is 1. The van der Waals surface area contributed by atoms with E-state index in [0.29, 0.717) is 10.9 Å². The molecule has 0 spiro atoms. The van der Waals surface area contributed by atoms with Crippen molar-refractivity contribution in [2.45, 2.75) is 78.6 Å². The van der Waals surface area contributed by atoms with Gasteiger partial charge >= 0.3 is 6.03 Å². The Bertz CT molecular complexity index is 1380. The van der Waals surface area contributed by atoms with Crippen LogP contribution in [0.2, 0.25) is 5.02 Å². The summed E-state index contributed by atoms with van der Waals surface area (Å²) < 4.78 is 6.24. The van der Waals surface area contributed by atoms with E-state index in [2.05, 4.69) is 75.6 Å². The van der Waals surface area contributed by atoms with Gasteiger partial charge in [-0.3, -0.25) is 5.32 Å². The van der Waals surface area contributed by atoms with E-state index in [1.807, 2.05) is 30.3 Å². The number of furan rings is 1. The molecule has 2 N–H and O–H groups in total. The Morgan fingerprint density at radius 2 is 1.58 bits per heavy atom. The van der Waals surface area contributed by atoms with Gasteiger partial charge in [0, 0.05) is 21.7 Å². The van der Waals surface area contributed by atoms with Crippen LogP contribution in [0.1, 0.15) is 88.8 Å². The van der Waals surface area contributed by atoms with E-state index < -0.39 is 0 Å². The Hall–Kier alpha value is -3.24. The van der Waals surface area contributed by atoms with Crippen LogP contribution >= 0.6 is 11.6 Å². The Labute approximate surface area is 231 Å². The van der Waals surface area contributed by atoms with E-state index in [4.69, 9.17) is 16.0 Å². The Morgan fingerprint density at radius 3 is 2.24 bits per heavy atom. The number of benzene rings is 3. The van der Waals surface area contributed by atoms with Crippen molar-refractivity contribution in [3.05, 3.63) is 82.4 Å². The molecular formula is C33H39ClN2O2. The summed E-state index contributed by atoms with van der Waals surface area (Å²) in [5.41, 5.74) is 6.68. The zero-order valence-electron chi connectivity index (χ0n) is 23.2. The lowest BCUT2D eigenvalue weighted by Gasteiger charge is -2.20. The van der Waals surface area contributed by atoms with E-state index in [1.165, 1.54) is 24.8 Å². The molecule has 0 atom stereocenters. The van der Waals surface area contributed by atoms with E-state index >= 15 is 0 Å². The number of aryl methyl sites for hydroxylation is 1. The summed E-state index contributed by atoms with van der Waals surface area (Å²) in [5, 5.41) is 7.71. The fraction of sp³-hybridized carbons (Fsp3) is 0.364. The van der Waals surface area contributed by atoms with Crippen molar-refractivity contribution in [1.29, 1.82) is 0 Å². The number of nitrogens with one attached hydrogen (secondary N) is 2. The first-order valence-electron chi connectivity index (χ1n) is 13.8. The number of unbranched alkanes of at least 4 members (excludes halogenated alkanes) is 3. The molecule has 4 rings (SSSR count). The highest BCUT2D eigenvalue weighted by Gasteiger charge is 2.22. The lowest BCUT2D eigenvalue weighted by molar-refractivity contribution is 0.261. The second-order valence-corrected chi connectivity index (χ2v) is 11.0. The number of para-hydroxylation sites is 1. The maximum absolute atomic E-state index is 13.4. The number of hydrogen-bond donors (Lipinski definition) is 2. The first-order chi connectivity index (χ1) is 18.3. The van der Waals surface area contributed by atoms with Crippen LogP contribution < -0.4 is 10.6 Å². The van der Waals surface area contributed by atoms with Gasteiger partial charge in [0.1, 0.15) is 5.58 Å². The highest BCUT2D eigenvalue weighted by atomic mass is 35.5. The molecule has 0 aliphatic heterocycles. The number of urea groups is 1. The van der Waals surface area contributed by atoms with Crippen molar-refractivity contribution in [1.82, 2.24) is 0 Å². The summed E-state index contributed by atoms with van der Waals surface area (Å²) in [7, 11) is 0. The molecule has 4 aromatic rings. The van der Waals surface area contributed by atoms with Crippen LogP contribution in [0.4, 0.5) is 16.4 Å². The standard InChI is InChI=1S/C33H39ClN2O2/c1-6-7-8-9-13-23-18-19-29-27(20-23)30(26-14-10-11-17-28(26)34)32(38-29)36-33(37)35-31-24(21(2)3)15-12-16-25(31)22(4)5/h10-12,14-22H,6-9,13H2,1-5H3,(H2,35,36,37). The molecule has 4 nitrogen and oxygen atoms in total. The van der Waals surface area contributed by atoms with Gasteiger partial charge in [0.25, 0.3) is 0 Å². The first-order valence-corrected chi connectivity index (χ1v) is 14.2. The minimum absolute atomic E-state index is 0.268. The predicted molar refractivity (Wildman–Crippen MR) is 162 cm³/mol. The fourth-order valence-electron chi connectivity index (χ4n) is 5.02. The van der Waals surface area contributed by atoms with Crippen molar-refractivity contribution in [3.8, 4) is 11.1 Å². The van der Waals surface area contributed by atoms with Gasteiger partial charge in [-0.25, -0.2) is 4.79 Å². The molecule has 1 aromatic heterocycles. The molecule has 0 saturated heterocycles. The molecule has 0 saturated carbocycles. The summed E-state index contributed by atoms with van der Waals surface area (Å²) in [6, 6.07) is 19.8. The van der Waals surface area contributed by atoms with Gasteiger partial charge in [-0.2, -0.15) is 0 Å². The smallest absolute Gasteiger partial charge is 0.326 e. The normalized spacial score (nSPS) is 11.5. The monoisotopic (exact) mass is 530 g/mol. The number of carbonyl (C=O) groups excluding carboxylic acids is 1. The second kappa shape index (κ2) is 12.5. The van der Waals surface area contributed by atoms with Gasteiger partial charge < -0.3 is 9.73 Å². The van der Waals surface area contributed by atoms with Crippen LogP contribution in [0.3, 0.4) is 0 Å². The number of anilines is 2. The van der Waals surface area contributed by atoms with Crippen molar-refractivity contribution < 1.29 is 9.21 Å². The van der Waals surface area contributed by atoms with Gasteiger partial charge in [-0.05, 0) is 59.6 Å². The molecule has 3 aromatic carbocycles. The summed E-state index contributed by atoms with van der Waals surface area (Å²) >= 11 is 6.65. The molecule has 0 radical (unpaired) electrons. The molecule has 0 aliphatic rings. The summed E-state index contributed by atoms with van der Waals surface area (Å²) in [4.78, 5) is 13.4. The second-order valence-electron chi connectivity index (χ2n) is 10.6. The summed E-state index contributed by atoms with van der Waals surface area (Å²) in [6.45, 7) is 10.8. The Balaban J connectivity index is 1.71.